The zero-order valence-electron chi connectivity index (χ0n) is 6.49. The summed E-state index contributed by atoms with van der Waals surface area (Å²) in [7, 11) is 1.02. The van der Waals surface area contributed by atoms with E-state index in [-0.39, 0.29) is 5.12 Å². The number of pyridine rings is 1. The average Bonchev–Trinajstić information content (AvgIpc) is 2.06. The lowest BCUT2D eigenvalue weighted by Gasteiger charge is -2.06. The van der Waals surface area contributed by atoms with Gasteiger partial charge in [-0.3, -0.25) is 4.98 Å². The van der Waals surface area contributed by atoms with Crippen LogP contribution in [0.1, 0.15) is 0 Å². The molecule has 0 aliphatic carbocycles. The highest BCUT2D eigenvalue weighted by molar-refractivity contribution is 5.87. The minimum absolute atomic E-state index is 0.0347. The van der Waals surface area contributed by atoms with Crippen LogP contribution < -0.4 is 5.32 Å². The summed E-state index contributed by atoms with van der Waals surface area (Å²) in [5.41, 5.74) is 0.465. The van der Waals surface area contributed by atoms with Crippen molar-refractivity contribution in [2.45, 2.75) is 0 Å². The molecule has 0 saturated heterocycles. The predicted molar refractivity (Wildman–Crippen MR) is 42.1 cm³/mol. The first-order valence-corrected chi connectivity index (χ1v) is 3.30. The molecule has 1 rings (SSSR count). The fraction of sp³-hybridized carbons (Fsp3) is 0.143. The molecule has 0 aliphatic rings. The molecule has 4 nitrogen and oxygen atoms in total. The lowest BCUT2D eigenvalue weighted by atomic mass is 10.4. The van der Waals surface area contributed by atoms with Crippen LogP contribution >= 0.6 is 0 Å². The Hall–Kier alpha value is -1.65. The number of nitrogens with one attached hydrogen (secondary N) is 1. The second-order valence-electron chi connectivity index (χ2n) is 2.15. The van der Waals surface area contributed by atoms with Crippen molar-refractivity contribution < 1.29 is 9.28 Å². The number of hydrogen-bond acceptors (Lipinski definition) is 2. The molecule has 0 radical (unpaired) electrons. The Labute approximate surface area is 69.0 Å². The van der Waals surface area contributed by atoms with Crippen LogP contribution in [-0.4, -0.2) is 23.2 Å². The normalized spacial score (nSPS) is 9.17. The van der Waals surface area contributed by atoms with Crippen LogP contribution in [0.15, 0.2) is 24.5 Å². The standard InChI is InChI=1S/C7H8FN3O/c1-11(8)7(12)10-6-3-2-4-9-5-6/h2-5H,1H3,(H,10,12). The average molecular weight is 169 g/mol. The summed E-state index contributed by atoms with van der Waals surface area (Å²) in [6, 6.07) is 2.45. The molecule has 0 spiro atoms. The monoisotopic (exact) mass is 169 g/mol. The molecule has 64 valence electrons. The number of hydrogen-bond donors (Lipinski definition) is 1. The molecule has 0 aliphatic heterocycles. The summed E-state index contributed by atoms with van der Waals surface area (Å²) in [4.78, 5) is 14.5. The van der Waals surface area contributed by atoms with Gasteiger partial charge in [-0.1, -0.05) is 4.48 Å². The number of aromatic nitrogens is 1. The molecule has 5 heteroatoms. The van der Waals surface area contributed by atoms with Crippen LogP contribution in [0.5, 0.6) is 0 Å². The van der Waals surface area contributed by atoms with Crippen molar-refractivity contribution in [1.29, 1.82) is 0 Å². The minimum atomic E-state index is -0.817. The van der Waals surface area contributed by atoms with Gasteiger partial charge in [-0.25, -0.2) is 4.79 Å². The molecule has 12 heavy (non-hydrogen) atoms. The van der Waals surface area contributed by atoms with E-state index in [0.29, 0.717) is 5.69 Å². The molecule has 0 atom stereocenters. The van der Waals surface area contributed by atoms with Crippen molar-refractivity contribution in [3.8, 4) is 0 Å². The van der Waals surface area contributed by atoms with E-state index in [9.17, 15) is 9.28 Å². The maximum absolute atomic E-state index is 12.2. The molecule has 1 aromatic rings. The molecule has 0 fully saturated rings. The number of halogens is 1. The van der Waals surface area contributed by atoms with Gasteiger partial charge in [0.1, 0.15) is 0 Å². The lowest BCUT2D eigenvalue weighted by Crippen LogP contribution is -2.23. The van der Waals surface area contributed by atoms with Gasteiger partial charge in [0.15, 0.2) is 0 Å². The minimum Gasteiger partial charge on any atom is -0.304 e. The van der Waals surface area contributed by atoms with Gasteiger partial charge in [-0.15, -0.1) is 0 Å². The van der Waals surface area contributed by atoms with Crippen LogP contribution in [0.2, 0.25) is 0 Å². The highest BCUT2D eigenvalue weighted by Crippen LogP contribution is 2.03. The predicted octanol–water partition coefficient (Wildman–Crippen LogP) is 1.43. The third-order valence-corrected chi connectivity index (χ3v) is 1.19. The third-order valence-electron chi connectivity index (χ3n) is 1.19. The summed E-state index contributed by atoms with van der Waals surface area (Å²) in [5, 5.41) is 2.26. The Kier molecular flexibility index (Phi) is 2.57. The van der Waals surface area contributed by atoms with E-state index in [0.717, 1.165) is 7.05 Å². The van der Waals surface area contributed by atoms with Crippen molar-refractivity contribution in [3.05, 3.63) is 24.5 Å². The topological polar surface area (TPSA) is 45.2 Å². The van der Waals surface area contributed by atoms with E-state index < -0.39 is 6.03 Å². The smallest absolute Gasteiger partial charge is 0.304 e. The number of anilines is 1. The fourth-order valence-corrected chi connectivity index (χ4v) is 0.637. The van der Waals surface area contributed by atoms with Gasteiger partial charge in [-0.05, 0) is 12.1 Å². The van der Waals surface area contributed by atoms with E-state index in [1.807, 2.05) is 0 Å². The van der Waals surface area contributed by atoms with E-state index >= 15 is 0 Å². The number of carbonyl (C=O) groups excluding carboxylic acids is 1. The molecular weight excluding hydrogens is 161 g/mol. The van der Waals surface area contributed by atoms with Crippen LogP contribution in [-0.2, 0) is 0 Å². The summed E-state index contributed by atoms with van der Waals surface area (Å²) in [5.74, 6) is 0. The maximum Gasteiger partial charge on any atom is 0.349 e. The zero-order valence-corrected chi connectivity index (χ0v) is 6.49. The first-order chi connectivity index (χ1) is 5.70. The van der Waals surface area contributed by atoms with Gasteiger partial charge >= 0.3 is 6.03 Å². The van der Waals surface area contributed by atoms with E-state index in [1.165, 1.54) is 6.20 Å². The highest BCUT2D eigenvalue weighted by Gasteiger charge is 2.05. The number of rotatable bonds is 1. The third kappa shape index (κ3) is 2.19. The lowest BCUT2D eigenvalue weighted by molar-refractivity contribution is 0.104. The largest absolute Gasteiger partial charge is 0.349 e. The van der Waals surface area contributed by atoms with Crippen LogP contribution in [0.3, 0.4) is 0 Å². The van der Waals surface area contributed by atoms with Crippen molar-refractivity contribution >= 4 is 11.7 Å². The van der Waals surface area contributed by atoms with Crippen LogP contribution in [0.4, 0.5) is 15.0 Å². The fourth-order valence-electron chi connectivity index (χ4n) is 0.637. The second kappa shape index (κ2) is 3.66. The molecule has 1 N–H and O–H groups in total. The van der Waals surface area contributed by atoms with Gasteiger partial charge < -0.3 is 5.32 Å². The number of carbonyl (C=O) groups is 1. The Morgan fingerprint density at radius 3 is 3.00 bits per heavy atom. The maximum atomic E-state index is 12.2. The highest BCUT2D eigenvalue weighted by atomic mass is 19.2. The number of nitrogens with zero attached hydrogens (tertiary/aromatic N) is 2. The first kappa shape index (κ1) is 8.45. The van der Waals surface area contributed by atoms with Crippen molar-refractivity contribution in [1.82, 2.24) is 10.1 Å². The van der Waals surface area contributed by atoms with Gasteiger partial charge in [0.05, 0.1) is 11.9 Å². The molecule has 0 bridgehead atoms. The Balaban J connectivity index is 2.59. The van der Waals surface area contributed by atoms with Crippen molar-refractivity contribution in [2.75, 3.05) is 12.4 Å². The Morgan fingerprint density at radius 2 is 2.50 bits per heavy atom. The summed E-state index contributed by atoms with van der Waals surface area (Å²) in [6.45, 7) is 0. The van der Waals surface area contributed by atoms with E-state index in [4.69, 9.17) is 0 Å². The number of urea groups is 1. The second-order valence-corrected chi connectivity index (χ2v) is 2.15. The van der Waals surface area contributed by atoms with Gasteiger partial charge in [0, 0.05) is 13.2 Å². The van der Waals surface area contributed by atoms with Crippen molar-refractivity contribution in [3.63, 3.8) is 0 Å². The molecule has 1 heterocycles. The van der Waals surface area contributed by atoms with Crippen LogP contribution in [0.25, 0.3) is 0 Å². The molecule has 0 aromatic carbocycles. The SMILES string of the molecule is CN(F)C(=O)Nc1cccnc1. The van der Waals surface area contributed by atoms with Crippen molar-refractivity contribution in [2.24, 2.45) is 0 Å². The van der Waals surface area contributed by atoms with Gasteiger partial charge in [0.25, 0.3) is 0 Å². The first-order valence-electron chi connectivity index (χ1n) is 3.30. The molecule has 0 saturated carbocycles. The number of amides is 2. The molecule has 1 aromatic heterocycles. The van der Waals surface area contributed by atoms with E-state index in [1.54, 1.807) is 18.3 Å². The zero-order chi connectivity index (χ0) is 8.97. The summed E-state index contributed by atoms with van der Waals surface area (Å²) in [6.07, 6.45) is 3.00. The van der Waals surface area contributed by atoms with Gasteiger partial charge in [0.2, 0.25) is 0 Å². The van der Waals surface area contributed by atoms with Crippen LogP contribution in [0, 0.1) is 0 Å². The molecular formula is C7H8FN3O. The van der Waals surface area contributed by atoms with E-state index in [2.05, 4.69) is 10.3 Å². The molecule has 2 amide bonds. The Morgan fingerprint density at radius 1 is 1.75 bits per heavy atom. The summed E-state index contributed by atoms with van der Waals surface area (Å²) < 4.78 is 12.2. The Bertz CT molecular complexity index is 263. The molecule has 0 unspecified atom stereocenters. The van der Waals surface area contributed by atoms with Gasteiger partial charge in [-0.2, -0.15) is 5.12 Å². The quantitative estimate of drug-likeness (QED) is 0.646. The summed E-state index contributed by atoms with van der Waals surface area (Å²) >= 11 is 0.